The molecule has 23 heavy (non-hydrogen) atoms. The van der Waals surface area contributed by atoms with Gasteiger partial charge in [0.2, 0.25) is 0 Å². The molecule has 0 aliphatic rings. The van der Waals surface area contributed by atoms with Gasteiger partial charge in [0, 0.05) is 31.9 Å². The normalized spacial score (nSPS) is 11.9. The number of hydrogen-bond acceptors (Lipinski definition) is 3. The van der Waals surface area contributed by atoms with E-state index in [1.807, 2.05) is 40.0 Å². The Bertz CT molecular complexity index is 512. The standard InChI is InChI=1S/C17H28N4O2/c1-6-11-18-16(22)17(23)19-12-15(21(4)5)13-7-9-14(10-8-13)20(2)3/h7-10,15H,6,11-12H2,1-5H3,(H,18,22)(H,19,23)/p+1/t15-/m1/s1. The zero-order valence-electron chi connectivity index (χ0n) is 14.8. The first-order valence-corrected chi connectivity index (χ1v) is 8.00. The molecule has 1 rings (SSSR count). The molecular formula is C17H29N4O2+. The van der Waals surface area contributed by atoms with E-state index in [0.717, 1.165) is 17.7 Å². The first kappa shape index (κ1) is 19.0. The van der Waals surface area contributed by atoms with Crippen molar-refractivity contribution in [2.75, 3.05) is 46.2 Å². The Morgan fingerprint density at radius 1 is 1.09 bits per heavy atom. The molecule has 0 fully saturated rings. The second-order valence-electron chi connectivity index (χ2n) is 6.08. The number of rotatable bonds is 7. The molecule has 0 spiro atoms. The van der Waals surface area contributed by atoms with Crippen LogP contribution >= 0.6 is 0 Å². The van der Waals surface area contributed by atoms with Gasteiger partial charge in [0.1, 0.15) is 6.04 Å². The number of carbonyl (C=O) groups is 2. The summed E-state index contributed by atoms with van der Waals surface area (Å²) in [7, 11) is 8.07. The minimum atomic E-state index is -0.574. The Morgan fingerprint density at radius 3 is 2.13 bits per heavy atom. The summed E-state index contributed by atoms with van der Waals surface area (Å²) in [6.07, 6.45) is 0.807. The summed E-state index contributed by atoms with van der Waals surface area (Å²) >= 11 is 0. The summed E-state index contributed by atoms with van der Waals surface area (Å²) in [5.74, 6) is -1.14. The zero-order valence-corrected chi connectivity index (χ0v) is 14.8. The molecule has 0 aromatic heterocycles. The summed E-state index contributed by atoms with van der Waals surface area (Å²) in [5, 5.41) is 5.31. The van der Waals surface area contributed by atoms with Crippen LogP contribution in [0.4, 0.5) is 5.69 Å². The van der Waals surface area contributed by atoms with E-state index in [1.165, 1.54) is 4.90 Å². The van der Waals surface area contributed by atoms with Crippen LogP contribution in [0.25, 0.3) is 0 Å². The van der Waals surface area contributed by atoms with Crippen LogP contribution in [0.5, 0.6) is 0 Å². The highest BCUT2D eigenvalue weighted by molar-refractivity contribution is 6.35. The fourth-order valence-electron chi connectivity index (χ4n) is 2.25. The maximum atomic E-state index is 11.8. The fraction of sp³-hybridized carbons (Fsp3) is 0.529. The first-order chi connectivity index (χ1) is 10.9. The average molecular weight is 321 g/mol. The Balaban J connectivity index is 2.68. The van der Waals surface area contributed by atoms with E-state index in [4.69, 9.17) is 0 Å². The third-order valence-electron chi connectivity index (χ3n) is 3.72. The van der Waals surface area contributed by atoms with Crippen molar-refractivity contribution in [3.8, 4) is 0 Å². The van der Waals surface area contributed by atoms with Crippen LogP contribution in [0.1, 0.15) is 24.9 Å². The van der Waals surface area contributed by atoms with Crippen molar-refractivity contribution in [1.29, 1.82) is 0 Å². The lowest BCUT2D eigenvalue weighted by atomic mass is 10.1. The van der Waals surface area contributed by atoms with Crippen LogP contribution in [0.15, 0.2) is 24.3 Å². The highest BCUT2D eigenvalue weighted by Gasteiger charge is 2.21. The maximum absolute atomic E-state index is 11.8. The van der Waals surface area contributed by atoms with Gasteiger partial charge in [-0.05, 0) is 18.6 Å². The molecule has 1 aromatic carbocycles. The average Bonchev–Trinajstić information content (AvgIpc) is 2.52. The van der Waals surface area contributed by atoms with Crippen LogP contribution in [0, 0.1) is 0 Å². The summed E-state index contributed by atoms with van der Waals surface area (Å²) in [5.41, 5.74) is 2.26. The Kier molecular flexibility index (Phi) is 7.54. The van der Waals surface area contributed by atoms with Crippen molar-refractivity contribution in [3.05, 3.63) is 29.8 Å². The monoisotopic (exact) mass is 321 g/mol. The summed E-state index contributed by atoms with van der Waals surface area (Å²) in [4.78, 5) is 26.7. The Morgan fingerprint density at radius 2 is 1.65 bits per heavy atom. The van der Waals surface area contributed by atoms with Crippen LogP contribution in [0.2, 0.25) is 0 Å². The number of benzene rings is 1. The molecule has 0 unspecified atom stereocenters. The van der Waals surface area contributed by atoms with Crippen molar-refractivity contribution in [2.24, 2.45) is 0 Å². The van der Waals surface area contributed by atoms with Crippen molar-refractivity contribution in [2.45, 2.75) is 19.4 Å². The van der Waals surface area contributed by atoms with Crippen LogP contribution in [-0.2, 0) is 9.59 Å². The van der Waals surface area contributed by atoms with E-state index in [-0.39, 0.29) is 6.04 Å². The number of hydrogen-bond donors (Lipinski definition) is 3. The van der Waals surface area contributed by atoms with Gasteiger partial charge in [0.25, 0.3) is 0 Å². The van der Waals surface area contributed by atoms with Gasteiger partial charge in [-0.2, -0.15) is 0 Å². The number of amides is 2. The van der Waals surface area contributed by atoms with E-state index in [2.05, 4.69) is 34.9 Å². The molecular weight excluding hydrogens is 292 g/mol. The Hall–Kier alpha value is -2.08. The number of carbonyl (C=O) groups excluding carboxylic acids is 2. The lowest BCUT2D eigenvalue weighted by molar-refractivity contribution is -0.890. The van der Waals surface area contributed by atoms with Crippen molar-refractivity contribution < 1.29 is 14.5 Å². The predicted molar refractivity (Wildman–Crippen MR) is 92.6 cm³/mol. The number of nitrogens with one attached hydrogen (secondary N) is 3. The molecule has 0 saturated heterocycles. The summed E-state index contributed by atoms with van der Waals surface area (Å²) < 4.78 is 0. The minimum Gasteiger partial charge on any atom is -0.378 e. The third kappa shape index (κ3) is 5.90. The molecule has 0 radical (unpaired) electrons. The molecule has 2 amide bonds. The lowest BCUT2D eigenvalue weighted by Crippen LogP contribution is -3.07. The van der Waals surface area contributed by atoms with Gasteiger partial charge in [-0.15, -0.1) is 0 Å². The summed E-state index contributed by atoms with van der Waals surface area (Å²) in [6, 6.07) is 8.34. The number of nitrogens with zero attached hydrogens (tertiary/aromatic N) is 1. The van der Waals surface area contributed by atoms with E-state index in [9.17, 15) is 9.59 Å². The molecule has 6 nitrogen and oxygen atoms in total. The predicted octanol–water partition coefficient (Wildman–Crippen LogP) is -0.419. The molecule has 0 heterocycles. The molecule has 1 aromatic rings. The fourth-order valence-corrected chi connectivity index (χ4v) is 2.25. The number of quaternary nitrogens is 1. The highest BCUT2D eigenvalue weighted by Crippen LogP contribution is 2.15. The topological polar surface area (TPSA) is 65.9 Å². The molecule has 0 bridgehead atoms. The summed E-state index contributed by atoms with van der Waals surface area (Å²) in [6.45, 7) is 2.88. The number of anilines is 1. The van der Waals surface area contributed by atoms with E-state index >= 15 is 0 Å². The van der Waals surface area contributed by atoms with E-state index < -0.39 is 11.8 Å². The highest BCUT2D eigenvalue weighted by atomic mass is 16.2. The molecule has 0 aliphatic heterocycles. The third-order valence-corrected chi connectivity index (χ3v) is 3.72. The van der Waals surface area contributed by atoms with E-state index in [1.54, 1.807) is 0 Å². The van der Waals surface area contributed by atoms with Crippen LogP contribution in [0.3, 0.4) is 0 Å². The second kappa shape index (κ2) is 9.15. The molecule has 0 saturated carbocycles. The van der Waals surface area contributed by atoms with Gasteiger partial charge < -0.3 is 20.4 Å². The smallest absolute Gasteiger partial charge is 0.309 e. The Labute approximate surface area is 138 Å². The number of likely N-dealkylation sites (N-methyl/N-ethyl adjacent to an activating group) is 1. The van der Waals surface area contributed by atoms with Crippen LogP contribution < -0.4 is 20.4 Å². The quantitative estimate of drug-likeness (QED) is 0.598. The van der Waals surface area contributed by atoms with Crippen molar-refractivity contribution >= 4 is 17.5 Å². The van der Waals surface area contributed by atoms with E-state index in [0.29, 0.717) is 13.1 Å². The van der Waals surface area contributed by atoms with Gasteiger partial charge in [0.15, 0.2) is 0 Å². The minimum absolute atomic E-state index is 0.0918. The second-order valence-corrected chi connectivity index (χ2v) is 6.08. The SMILES string of the molecule is CCCNC(=O)C(=O)NC[C@H](c1ccc(N(C)C)cc1)[NH+](C)C. The van der Waals surface area contributed by atoms with Gasteiger partial charge in [0.05, 0.1) is 20.6 Å². The molecule has 128 valence electrons. The maximum Gasteiger partial charge on any atom is 0.309 e. The zero-order chi connectivity index (χ0) is 17.4. The van der Waals surface area contributed by atoms with Gasteiger partial charge in [-0.25, -0.2) is 0 Å². The van der Waals surface area contributed by atoms with Crippen LogP contribution in [-0.4, -0.2) is 53.1 Å². The molecule has 1 atom stereocenters. The first-order valence-electron chi connectivity index (χ1n) is 8.00. The van der Waals surface area contributed by atoms with Crippen molar-refractivity contribution in [3.63, 3.8) is 0 Å². The van der Waals surface area contributed by atoms with Gasteiger partial charge in [-0.1, -0.05) is 19.1 Å². The van der Waals surface area contributed by atoms with Gasteiger partial charge in [-0.3, -0.25) is 9.59 Å². The largest absolute Gasteiger partial charge is 0.378 e. The lowest BCUT2D eigenvalue weighted by Gasteiger charge is -2.23. The van der Waals surface area contributed by atoms with Gasteiger partial charge >= 0.3 is 11.8 Å². The molecule has 3 N–H and O–H groups in total. The van der Waals surface area contributed by atoms with Crippen molar-refractivity contribution in [1.82, 2.24) is 10.6 Å². The molecule has 0 aliphatic carbocycles. The molecule has 6 heteroatoms.